The molecule has 224 valence electrons. The largest absolute Gasteiger partial charge is 0.481 e. The summed E-state index contributed by atoms with van der Waals surface area (Å²) >= 11 is 0. The second-order valence-electron chi connectivity index (χ2n) is 12.8. The highest BCUT2D eigenvalue weighted by atomic mass is 16.7. The maximum Gasteiger partial charge on any atom is 0.481 e. The summed E-state index contributed by atoms with van der Waals surface area (Å²) in [5.74, 6) is -0.321. The molecule has 1 heterocycles. The van der Waals surface area contributed by atoms with Gasteiger partial charge in [-0.05, 0) is 74.3 Å². The molecule has 13 heteroatoms. The standard InChI is InChI=1S/C28H43BN6O6/c1-17(2)14-23(29-40-22-16-19-15-21(27(19,3)4)28(22,5)41-29)33-25(37)20(12-9-13-31-26(30)34-35(38)39)32-24(36)18-10-7-6-8-11-18/h6-8,10-11,17,19-23H,9,12-16H2,1-5H3,(H,32,36)(H,33,37)(H3,30,31,34)/t19-,20-,21-,22+,23-,28-/m0/s1. The summed E-state index contributed by atoms with van der Waals surface area (Å²) in [6, 6.07) is 7.78. The summed E-state index contributed by atoms with van der Waals surface area (Å²) < 4.78 is 13.2. The number of guanidine groups is 1. The van der Waals surface area contributed by atoms with Crippen molar-refractivity contribution in [2.24, 2.45) is 23.2 Å². The maximum absolute atomic E-state index is 13.7. The van der Waals surface area contributed by atoms with Crippen LogP contribution in [0.4, 0.5) is 0 Å². The first kappa shape index (κ1) is 30.8. The van der Waals surface area contributed by atoms with Gasteiger partial charge in [-0.2, -0.15) is 0 Å². The number of hydrazine groups is 1. The van der Waals surface area contributed by atoms with Crippen molar-refractivity contribution < 1.29 is 23.9 Å². The molecular formula is C28H43BN6O6. The molecule has 4 aliphatic rings. The number of nitro groups is 1. The molecule has 0 spiro atoms. The molecule has 3 saturated carbocycles. The number of hydrogen-bond acceptors (Lipinski definition) is 7. The van der Waals surface area contributed by atoms with Gasteiger partial charge in [-0.25, -0.2) is 10.1 Å². The smallest absolute Gasteiger partial charge is 0.404 e. The molecule has 5 N–H and O–H groups in total. The van der Waals surface area contributed by atoms with Crippen molar-refractivity contribution in [3.05, 3.63) is 46.0 Å². The van der Waals surface area contributed by atoms with E-state index in [0.29, 0.717) is 30.2 Å². The number of nitrogens with one attached hydrogen (secondary N) is 5. The van der Waals surface area contributed by atoms with Crippen LogP contribution < -0.4 is 21.4 Å². The summed E-state index contributed by atoms with van der Waals surface area (Å²) in [7, 11) is -0.590. The molecule has 1 saturated heterocycles. The number of carbonyl (C=O) groups is 2. The zero-order valence-electron chi connectivity index (χ0n) is 24.6. The van der Waals surface area contributed by atoms with E-state index >= 15 is 0 Å². The highest BCUT2D eigenvalue weighted by molar-refractivity contribution is 6.48. The lowest BCUT2D eigenvalue weighted by molar-refractivity contribution is -0.525. The SMILES string of the molecule is CC(C)C[C@H](NC(=O)[C@H](CCCNC(=N)N[N+](=O)[O-])NC(=O)c1ccccc1)B1O[C@@H]2C[C@@H]3C[C@@H](C3(C)C)[C@]2(C)O1. The van der Waals surface area contributed by atoms with Crippen LogP contribution in [0.15, 0.2) is 30.3 Å². The Morgan fingerprint density at radius 1 is 1.17 bits per heavy atom. The minimum atomic E-state index is -0.872. The summed E-state index contributed by atoms with van der Waals surface area (Å²) in [4.78, 5) is 37.2. The number of hydrogen-bond donors (Lipinski definition) is 5. The molecule has 6 atom stereocenters. The van der Waals surface area contributed by atoms with E-state index in [0.717, 1.165) is 12.8 Å². The van der Waals surface area contributed by atoms with E-state index in [-0.39, 0.29) is 42.2 Å². The fraction of sp³-hybridized carbons (Fsp3) is 0.679. The molecule has 0 unspecified atom stereocenters. The zero-order valence-corrected chi connectivity index (χ0v) is 24.6. The van der Waals surface area contributed by atoms with Crippen LogP contribution in [0, 0.1) is 38.7 Å². The molecule has 12 nitrogen and oxygen atoms in total. The van der Waals surface area contributed by atoms with Crippen molar-refractivity contribution in [1.82, 2.24) is 21.4 Å². The fourth-order valence-corrected chi connectivity index (χ4v) is 6.85. The Labute approximate surface area is 241 Å². The van der Waals surface area contributed by atoms with Crippen LogP contribution in [0.3, 0.4) is 0 Å². The summed E-state index contributed by atoms with van der Waals surface area (Å²) in [5, 5.41) is 25.8. The zero-order chi connectivity index (χ0) is 29.9. The highest BCUT2D eigenvalue weighted by Gasteiger charge is 2.68. The van der Waals surface area contributed by atoms with Gasteiger partial charge in [0.15, 0.2) is 5.03 Å². The first-order chi connectivity index (χ1) is 19.3. The van der Waals surface area contributed by atoms with Crippen molar-refractivity contribution >= 4 is 24.9 Å². The molecule has 3 aliphatic carbocycles. The van der Waals surface area contributed by atoms with Gasteiger partial charge in [-0.1, -0.05) is 51.3 Å². The second kappa shape index (κ2) is 12.4. The van der Waals surface area contributed by atoms with Crippen LogP contribution in [0.2, 0.25) is 0 Å². The van der Waals surface area contributed by atoms with E-state index in [2.05, 4.69) is 50.6 Å². The van der Waals surface area contributed by atoms with Crippen molar-refractivity contribution in [3.8, 4) is 0 Å². The van der Waals surface area contributed by atoms with Crippen LogP contribution >= 0.6 is 0 Å². The Morgan fingerprint density at radius 3 is 2.51 bits per heavy atom. The number of nitrogens with zero attached hydrogens (tertiary/aromatic N) is 1. The predicted molar refractivity (Wildman–Crippen MR) is 154 cm³/mol. The number of carbonyl (C=O) groups excluding carboxylic acids is 2. The van der Waals surface area contributed by atoms with Gasteiger partial charge in [-0.15, -0.1) is 0 Å². The Morgan fingerprint density at radius 2 is 1.88 bits per heavy atom. The van der Waals surface area contributed by atoms with Gasteiger partial charge in [-0.3, -0.25) is 15.0 Å². The van der Waals surface area contributed by atoms with E-state index in [4.69, 9.17) is 14.7 Å². The average Bonchev–Trinajstić information content (AvgIpc) is 3.26. The van der Waals surface area contributed by atoms with Crippen molar-refractivity contribution in [2.75, 3.05) is 6.54 Å². The summed E-state index contributed by atoms with van der Waals surface area (Å²) in [6.07, 6.45) is 3.33. The van der Waals surface area contributed by atoms with Gasteiger partial charge in [0.25, 0.3) is 11.9 Å². The van der Waals surface area contributed by atoms with E-state index in [9.17, 15) is 19.7 Å². The van der Waals surface area contributed by atoms with Gasteiger partial charge in [0.05, 0.1) is 17.6 Å². The topological polar surface area (TPSA) is 168 Å². The van der Waals surface area contributed by atoms with Crippen LogP contribution in [0.1, 0.15) is 77.1 Å². The molecule has 1 aromatic carbocycles. The van der Waals surface area contributed by atoms with Crippen LogP contribution in [0.25, 0.3) is 0 Å². The molecule has 0 radical (unpaired) electrons. The molecule has 0 aromatic heterocycles. The van der Waals surface area contributed by atoms with Gasteiger partial charge in [0.1, 0.15) is 6.04 Å². The lowest BCUT2D eigenvalue weighted by Gasteiger charge is -2.64. The van der Waals surface area contributed by atoms with Gasteiger partial charge in [0.2, 0.25) is 5.91 Å². The number of rotatable bonds is 12. The molecule has 2 amide bonds. The molecule has 41 heavy (non-hydrogen) atoms. The fourth-order valence-electron chi connectivity index (χ4n) is 6.85. The lowest BCUT2D eigenvalue weighted by Crippen LogP contribution is -2.65. The third-order valence-corrected chi connectivity index (χ3v) is 9.18. The quantitative estimate of drug-likeness (QED) is 0.0639. The molecule has 1 aromatic rings. The minimum absolute atomic E-state index is 0.0152. The Balaban J connectivity index is 1.44. The summed E-state index contributed by atoms with van der Waals surface area (Å²) in [5.41, 5.74) is 1.96. The van der Waals surface area contributed by atoms with Gasteiger partial charge in [0, 0.05) is 12.1 Å². The Kier molecular flexibility index (Phi) is 9.27. The Hall–Kier alpha value is -3.19. The molecule has 5 rings (SSSR count). The third kappa shape index (κ3) is 6.83. The van der Waals surface area contributed by atoms with E-state index in [1.54, 1.807) is 29.7 Å². The molecule has 1 aliphatic heterocycles. The minimum Gasteiger partial charge on any atom is -0.404 e. The van der Waals surface area contributed by atoms with Gasteiger partial charge < -0.3 is 25.3 Å². The third-order valence-electron chi connectivity index (χ3n) is 9.18. The molecule has 4 fully saturated rings. The van der Waals surface area contributed by atoms with E-state index < -0.39 is 35.7 Å². The number of amides is 2. The van der Waals surface area contributed by atoms with Crippen molar-refractivity contribution in [3.63, 3.8) is 0 Å². The van der Waals surface area contributed by atoms with Gasteiger partial charge >= 0.3 is 7.12 Å². The maximum atomic E-state index is 13.7. The average molecular weight is 571 g/mol. The van der Waals surface area contributed by atoms with Crippen LogP contribution in [-0.4, -0.2) is 60.2 Å². The number of benzene rings is 1. The first-order valence-electron chi connectivity index (χ1n) is 14.5. The van der Waals surface area contributed by atoms with Crippen LogP contribution in [0.5, 0.6) is 0 Å². The molecular weight excluding hydrogens is 527 g/mol. The first-order valence-corrected chi connectivity index (χ1v) is 14.5. The lowest BCUT2D eigenvalue weighted by atomic mass is 9.43. The van der Waals surface area contributed by atoms with E-state index in [1.165, 1.54) is 0 Å². The van der Waals surface area contributed by atoms with Crippen molar-refractivity contribution in [1.29, 1.82) is 5.41 Å². The monoisotopic (exact) mass is 570 g/mol. The predicted octanol–water partition coefficient (Wildman–Crippen LogP) is 2.67. The summed E-state index contributed by atoms with van der Waals surface area (Å²) in [6.45, 7) is 11.1. The Bertz CT molecular complexity index is 1140. The highest BCUT2D eigenvalue weighted by Crippen LogP contribution is 2.65. The molecule has 2 bridgehead atoms. The second-order valence-corrected chi connectivity index (χ2v) is 12.8. The van der Waals surface area contributed by atoms with E-state index in [1.807, 2.05) is 6.07 Å². The normalized spacial score (nSPS) is 27.2. The van der Waals surface area contributed by atoms with Crippen molar-refractivity contribution in [2.45, 2.75) is 90.4 Å². The van der Waals surface area contributed by atoms with Crippen LogP contribution in [-0.2, 0) is 14.1 Å².